The van der Waals surface area contributed by atoms with Crippen LogP contribution in [0.3, 0.4) is 0 Å². The number of hydrogen-bond acceptors (Lipinski definition) is 3. The molecule has 1 unspecified atom stereocenters. The van der Waals surface area contributed by atoms with Crippen molar-refractivity contribution in [2.45, 2.75) is 32.6 Å². The molecule has 5 heteroatoms. The minimum Gasteiger partial charge on any atom is -0.459 e. The average molecular weight is 366 g/mol. The van der Waals surface area contributed by atoms with Crippen LogP contribution in [0, 0.1) is 12.3 Å². The van der Waals surface area contributed by atoms with Crippen molar-refractivity contribution in [1.82, 2.24) is 9.80 Å². The minimum atomic E-state index is -0.412. The molecule has 0 bridgehead atoms. The summed E-state index contributed by atoms with van der Waals surface area (Å²) in [6, 6.07) is 12.1. The summed E-state index contributed by atoms with van der Waals surface area (Å²) < 4.78 is 5.36. The number of likely N-dealkylation sites (tertiary alicyclic amines) is 2. The largest absolute Gasteiger partial charge is 0.459 e. The molecule has 2 fully saturated rings. The van der Waals surface area contributed by atoms with Gasteiger partial charge in [0.2, 0.25) is 5.91 Å². The number of aryl methyl sites for hydroxylation is 1. The smallest absolute Gasteiger partial charge is 0.289 e. The van der Waals surface area contributed by atoms with Crippen LogP contribution < -0.4 is 0 Å². The average Bonchev–Trinajstić information content (AvgIpc) is 3.31. The van der Waals surface area contributed by atoms with Gasteiger partial charge in [0.05, 0.1) is 11.7 Å². The Morgan fingerprint density at radius 2 is 1.96 bits per heavy atom. The van der Waals surface area contributed by atoms with E-state index < -0.39 is 5.41 Å². The van der Waals surface area contributed by atoms with Gasteiger partial charge in [-0.3, -0.25) is 9.59 Å². The Kier molecular flexibility index (Phi) is 4.77. The van der Waals surface area contributed by atoms with Crippen molar-refractivity contribution < 1.29 is 14.0 Å². The van der Waals surface area contributed by atoms with Crippen LogP contribution in [0.2, 0.25) is 0 Å². The zero-order valence-electron chi connectivity index (χ0n) is 15.8. The van der Waals surface area contributed by atoms with Crippen molar-refractivity contribution in [3.63, 3.8) is 0 Å². The highest BCUT2D eigenvalue weighted by molar-refractivity contribution is 5.94. The first-order valence-corrected chi connectivity index (χ1v) is 9.76. The Balaban J connectivity index is 1.43. The van der Waals surface area contributed by atoms with Crippen LogP contribution in [0.4, 0.5) is 0 Å². The standard InChI is InChI=1S/C22H26N2O3/c1-17-9-15-27-19(17)20(25)24-14-11-22(16-24)10-5-12-23(21(22)26)13-8-18-6-3-2-4-7-18/h2-4,6-7,9,15H,5,8,10-14,16H2,1H3. The molecule has 2 saturated heterocycles. The maximum Gasteiger partial charge on any atom is 0.289 e. The van der Waals surface area contributed by atoms with E-state index in [2.05, 4.69) is 12.1 Å². The molecule has 142 valence electrons. The van der Waals surface area contributed by atoms with Gasteiger partial charge in [0, 0.05) is 31.7 Å². The van der Waals surface area contributed by atoms with Gasteiger partial charge in [-0.1, -0.05) is 30.3 Å². The van der Waals surface area contributed by atoms with Crippen LogP contribution in [0.25, 0.3) is 0 Å². The fourth-order valence-electron chi connectivity index (χ4n) is 4.43. The highest BCUT2D eigenvalue weighted by Gasteiger charge is 2.49. The quantitative estimate of drug-likeness (QED) is 0.834. The van der Waals surface area contributed by atoms with Gasteiger partial charge in [-0.05, 0) is 44.2 Å². The number of hydrogen-bond donors (Lipinski definition) is 0. The third kappa shape index (κ3) is 3.38. The second-order valence-electron chi connectivity index (χ2n) is 7.82. The molecule has 0 aliphatic carbocycles. The summed E-state index contributed by atoms with van der Waals surface area (Å²) in [5.41, 5.74) is 1.69. The highest BCUT2D eigenvalue weighted by atomic mass is 16.3. The molecule has 1 aromatic carbocycles. The van der Waals surface area contributed by atoms with Crippen molar-refractivity contribution in [3.8, 4) is 0 Å². The van der Waals surface area contributed by atoms with Gasteiger partial charge in [-0.2, -0.15) is 0 Å². The predicted octanol–water partition coefficient (Wildman–Crippen LogP) is 3.29. The van der Waals surface area contributed by atoms with E-state index in [-0.39, 0.29) is 11.8 Å². The number of rotatable bonds is 4. The highest BCUT2D eigenvalue weighted by Crippen LogP contribution is 2.40. The van der Waals surface area contributed by atoms with E-state index in [1.165, 1.54) is 5.56 Å². The summed E-state index contributed by atoms with van der Waals surface area (Å²) in [6.45, 7) is 4.57. The lowest BCUT2D eigenvalue weighted by Crippen LogP contribution is -2.50. The van der Waals surface area contributed by atoms with Gasteiger partial charge < -0.3 is 14.2 Å². The predicted molar refractivity (Wildman–Crippen MR) is 102 cm³/mol. The third-order valence-electron chi connectivity index (χ3n) is 6.03. The van der Waals surface area contributed by atoms with Crippen LogP contribution in [0.15, 0.2) is 47.1 Å². The van der Waals surface area contributed by atoms with E-state index in [1.54, 1.807) is 17.2 Å². The Labute approximate surface area is 159 Å². The number of nitrogens with zero attached hydrogens (tertiary/aromatic N) is 2. The van der Waals surface area contributed by atoms with Crippen LogP contribution >= 0.6 is 0 Å². The first-order valence-electron chi connectivity index (χ1n) is 9.76. The molecule has 1 aromatic heterocycles. The Morgan fingerprint density at radius 1 is 1.15 bits per heavy atom. The lowest BCUT2D eigenvalue weighted by molar-refractivity contribution is -0.145. The van der Waals surface area contributed by atoms with E-state index in [0.717, 1.165) is 44.3 Å². The number of furan rings is 1. The van der Waals surface area contributed by atoms with Gasteiger partial charge in [0.1, 0.15) is 0 Å². The molecule has 0 radical (unpaired) electrons. The SMILES string of the molecule is Cc1ccoc1C(=O)N1CCC2(CCCN(CCc3ccccc3)C2=O)C1. The summed E-state index contributed by atoms with van der Waals surface area (Å²) in [7, 11) is 0. The first kappa shape index (κ1) is 17.8. The molecular formula is C22H26N2O3. The molecule has 3 heterocycles. The fraction of sp³-hybridized carbons (Fsp3) is 0.455. The number of amides is 2. The zero-order chi connectivity index (χ0) is 18.9. The van der Waals surface area contributed by atoms with Crippen LogP contribution in [0.1, 0.15) is 40.9 Å². The van der Waals surface area contributed by atoms with Crippen molar-refractivity contribution in [2.75, 3.05) is 26.2 Å². The first-order chi connectivity index (χ1) is 13.1. The molecule has 4 rings (SSSR count). The van der Waals surface area contributed by atoms with Crippen molar-refractivity contribution >= 4 is 11.8 Å². The minimum absolute atomic E-state index is 0.0939. The number of carbonyl (C=O) groups excluding carboxylic acids is 2. The van der Waals surface area contributed by atoms with E-state index in [1.807, 2.05) is 30.0 Å². The Hall–Kier alpha value is -2.56. The molecule has 1 atom stereocenters. The third-order valence-corrected chi connectivity index (χ3v) is 6.03. The summed E-state index contributed by atoms with van der Waals surface area (Å²) in [4.78, 5) is 29.8. The molecule has 0 saturated carbocycles. The van der Waals surface area contributed by atoms with Crippen molar-refractivity contribution in [2.24, 2.45) is 5.41 Å². The summed E-state index contributed by atoms with van der Waals surface area (Å²) >= 11 is 0. The van der Waals surface area contributed by atoms with Crippen molar-refractivity contribution in [3.05, 3.63) is 59.5 Å². The number of benzene rings is 1. The van der Waals surface area contributed by atoms with Crippen LogP contribution in [-0.4, -0.2) is 47.8 Å². The molecule has 1 spiro atoms. The lowest BCUT2D eigenvalue weighted by atomic mass is 9.78. The number of piperidine rings is 1. The maximum atomic E-state index is 13.3. The van der Waals surface area contributed by atoms with E-state index >= 15 is 0 Å². The monoisotopic (exact) mass is 366 g/mol. The van der Waals surface area contributed by atoms with Gasteiger partial charge in [0.15, 0.2) is 5.76 Å². The Bertz CT molecular complexity index is 829. The molecular weight excluding hydrogens is 340 g/mol. The lowest BCUT2D eigenvalue weighted by Gasteiger charge is -2.39. The molecule has 2 aliphatic heterocycles. The summed E-state index contributed by atoms with van der Waals surface area (Å²) in [5, 5.41) is 0. The molecule has 2 amide bonds. The molecule has 0 N–H and O–H groups in total. The molecule has 2 aliphatic rings. The van der Waals surface area contributed by atoms with E-state index in [4.69, 9.17) is 4.42 Å². The zero-order valence-corrected chi connectivity index (χ0v) is 15.8. The molecule has 27 heavy (non-hydrogen) atoms. The second kappa shape index (κ2) is 7.22. The maximum absolute atomic E-state index is 13.3. The van der Waals surface area contributed by atoms with Gasteiger partial charge in [-0.25, -0.2) is 0 Å². The second-order valence-corrected chi connectivity index (χ2v) is 7.82. The van der Waals surface area contributed by atoms with E-state index in [9.17, 15) is 9.59 Å². The van der Waals surface area contributed by atoms with Crippen LogP contribution in [0.5, 0.6) is 0 Å². The fourth-order valence-corrected chi connectivity index (χ4v) is 4.43. The van der Waals surface area contributed by atoms with Gasteiger partial charge in [-0.15, -0.1) is 0 Å². The van der Waals surface area contributed by atoms with E-state index in [0.29, 0.717) is 18.8 Å². The normalized spacial score (nSPS) is 22.6. The number of carbonyl (C=O) groups is 2. The summed E-state index contributed by atoms with van der Waals surface area (Å²) in [5.74, 6) is 0.524. The topological polar surface area (TPSA) is 53.8 Å². The molecule has 5 nitrogen and oxygen atoms in total. The Morgan fingerprint density at radius 3 is 2.70 bits per heavy atom. The van der Waals surface area contributed by atoms with Crippen molar-refractivity contribution in [1.29, 1.82) is 0 Å². The molecule has 2 aromatic rings. The van der Waals surface area contributed by atoms with Crippen LogP contribution in [-0.2, 0) is 11.2 Å². The van der Waals surface area contributed by atoms with Gasteiger partial charge >= 0.3 is 0 Å². The van der Waals surface area contributed by atoms with Gasteiger partial charge in [0.25, 0.3) is 5.91 Å². The summed E-state index contributed by atoms with van der Waals surface area (Å²) in [6.07, 6.45) is 5.04.